The highest BCUT2D eigenvalue weighted by Gasteiger charge is 2.31. The minimum Gasteiger partial charge on any atom is -0.494 e. The van der Waals surface area contributed by atoms with E-state index in [1.807, 2.05) is 6.92 Å². The molecule has 0 spiro atoms. The van der Waals surface area contributed by atoms with E-state index in [1.165, 1.54) is 25.3 Å². The van der Waals surface area contributed by atoms with Crippen molar-refractivity contribution in [1.29, 1.82) is 0 Å². The summed E-state index contributed by atoms with van der Waals surface area (Å²) in [5.74, 6) is -1.06. The molecule has 1 amide bonds. The lowest BCUT2D eigenvalue weighted by Gasteiger charge is -2.15. The van der Waals surface area contributed by atoms with Crippen molar-refractivity contribution < 1.29 is 31.8 Å². The number of methoxy groups -OCH3 is 1. The third-order valence-electron chi connectivity index (χ3n) is 3.62. The van der Waals surface area contributed by atoms with Gasteiger partial charge in [-0.3, -0.25) is 4.79 Å². The number of hydrogen-bond donors (Lipinski definition) is 1. The maximum absolute atomic E-state index is 13.7. The van der Waals surface area contributed by atoms with E-state index in [9.17, 15) is 22.4 Å². The number of halogens is 4. The maximum atomic E-state index is 13.7. The van der Waals surface area contributed by atoms with E-state index >= 15 is 0 Å². The monoisotopic (exact) mass is 385 g/mol. The average Bonchev–Trinajstić information content (AvgIpc) is 2.60. The summed E-state index contributed by atoms with van der Waals surface area (Å²) >= 11 is 0. The molecule has 146 valence electrons. The first kappa shape index (κ1) is 20.5. The van der Waals surface area contributed by atoms with Crippen LogP contribution in [0.4, 0.5) is 23.2 Å². The molecule has 2 aromatic rings. The Kier molecular flexibility index (Phi) is 6.65. The number of carbonyl (C=O) groups excluding carboxylic acids is 1. The molecule has 27 heavy (non-hydrogen) atoms. The topological polar surface area (TPSA) is 47.6 Å². The molecule has 0 aliphatic carbocycles. The van der Waals surface area contributed by atoms with Gasteiger partial charge < -0.3 is 14.8 Å². The van der Waals surface area contributed by atoms with Gasteiger partial charge in [-0.2, -0.15) is 13.2 Å². The molecule has 4 nitrogen and oxygen atoms in total. The van der Waals surface area contributed by atoms with Crippen molar-refractivity contribution in [3.05, 3.63) is 53.3 Å². The SMILES string of the molecule is CCCOc1ccc(C(F)(F)F)cc1NC(=O)Cc1ccc(OC)c(F)c1. The van der Waals surface area contributed by atoms with Crippen LogP contribution in [0.1, 0.15) is 24.5 Å². The second-order valence-corrected chi connectivity index (χ2v) is 5.75. The van der Waals surface area contributed by atoms with Crippen LogP contribution in [0.3, 0.4) is 0 Å². The summed E-state index contributed by atoms with van der Waals surface area (Å²) in [6.07, 6.45) is -4.12. The number of anilines is 1. The number of nitrogens with one attached hydrogen (secondary N) is 1. The Morgan fingerprint density at radius 2 is 1.81 bits per heavy atom. The first-order chi connectivity index (χ1) is 12.7. The standard InChI is InChI=1S/C19H19F4NO3/c1-3-8-27-17-7-5-13(19(21,22)23)11-15(17)24-18(25)10-12-4-6-16(26-2)14(20)9-12/h4-7,9,11H,3,8,10H2,1-2H3,(H,24,25). The number of benzene rings is 2. The second kappa shape index (κ2) is 8.75. The minimum atomic E-state index is -4.55. The van der Waals surface area contributed by atoms with Crippen LogP contribution >= 0.6 is 0 Å². The van der Waals surface area contributed by atoms with Gasteiger partial charge in [0, 0.05) is 0 Å². The fraction of sp³-hybridized carbons (Fsp3) is 0.316. The van der Waals surface area contributed by atoms with Crippen LogP contribution in [0.15, 0.2) is 36.4 Å². The normalized spacial score (nSPS) is 11.2. The van der Waals surface area contributed by atoms with Gasteiger partial charge >= 0.3 is 6.18 Å². The number of hydrogen-bond acceptors (Lipinski definition) is 3. The van der Waals surface area contributed by atoms with Gasteiger partial charge in [0.1, 0.15) is 5.75 Å². The van der Waals surface area contributed by atoms with Crippen molar-refractivity contribution in [2.75, 3.05) is 19.0 Å². The zero-order valence-corrected chi connectivity index (χ0v) is 14.8. The number of carbonyl (C=O) groups is 1. The van der Waals surface area contributed by atoms with Gasteiger partial charge in [0.15, 0.2) is 11.6 Å². The number of rotatable bonds is 7. The molecule has 0 aromatic heterocycles. The molecule has 0 radical (unpaired) electrons. The fourth-order valence-corrected chi connectivity index (χ4v) is 2.34. The lowest BCUT2D eigenvalue weighted by Crippen LogP contribution is -2.16. The van der Waals surface area contributed by atoms with Crippen molar-refractivity contribution in [3.63, 3.8) is 0 Å². The van der Waals surface area contributed by atoms with Gasteiger partial charge in [0.05, 0.1) is 31.4 Å². The van der Waals surface area contributed by atoms with Gasteiger partial charge in [-0.05, 0) is 42.3 Å². The Hall–Kier alpha value is -2.77. The van der Waals surface area contributed by atoms with E-state index in [2.05, 4.69) is 5.32 Å². The summed E-state index contributed by atoms with van der Waals surface area (Å²) in [5, 5.41) is 2.41. The highest BCUT2D eigenvalue weighted by molar-refractivity contribution is 5.93. The summed E-state index contributed by atoms with van der Waals surface area (Å²) in [5.41, 5.74) is -0.636. The van der Waals surface area contributed by atoms with Gasteiger partial charge in [-0.1, -0.05) is 13.0 Å². The molecule has 8 heteroatoms. The minimum absolute atomic E-state index is 0.0345. The van der Waals surface area contributed by atoms with Crippen LogP contribution in [0.2, 0.25) is 0 Å². The second-order valence-electron chi connectivity index (χ2n) is 5.75. The third kappa shape index (κ3) is 5.60. The van der Waals surface area contributed by atoms with Crippen molar-refractivity contribution in [2.45, 2.75) is 25.9 Å². The van der Waals surface area contributed by atoms with Crippen LogP contribution in [0.25, 0.3) is 0 Å². The van der Waals surface area contributed by atoms with Crippen LogP contribution in [-0.4, -0.2) is 19.6 Å². The molecule has 0 atom stereocenters. The summed E-state index contributed by atoms with van der Waals surface area (Å²) in [7, 11) is 1.32. The molecule has 0 aliphatic rings. The quantitative estimate of drug-likeness (QED) is 0.695. The molecular formula is C19H19F4NO3. The van der Waals surface area contributed by atoms with E-state index in [0.29, 0.717) is 12.0 Å². The van der Waals surface area contributed by atoms with Gasteiger partial charge in [-0.15, -0.1) is 0 Å². The molecule has 0 unspecified atom stereocenters. The summed E-state index contributed by atoms with van der Waals surface area (Å²) < 4.78 is 62.7. The predicted octanol–water partition coefficient (Wildman–Crippen LogP) is 4.82. The maximum Gasteiger partial charge on any atom is 0.416 e. The molecule has 0 saturated heterocycles. The Balaban J connectivity index is 2.20. The zero-order chi connectivity index (χ0) is 20.0. The summed E-state index contributed by atoms with van der Waals surface area (Å²) in [4.78, 5) is 12.2. The van der Waals surface area contributed by atoms with Crippen LogP contribution in [0, 0.1) is 5.82 Å². The summed E-state index contributed by atoms with van der Waals surface area (Å²) in [6, 6.07) is 6.89. The van der Waals surface area contributed by atoms with E-state index in [0.717, 1.165) is 18.2 Å². The lowest BCUT2D eigenvalue weighted by molar-refractivity contribution is -0.137. The smallest absolute Gasteiger partial charge is 0.416 e. The molecule has 0 fully saturated rings. The molecule has 2 aromatic carbocycles. The highest BCUT2D eigenvalue weighted by atomic mass is 19.4. The van der Waals surface area contributed by atoms with Crippen LogP contribution in [0.5, 0.6) is 11.5 Å². The van der Waals surface area contributed by atoms with Gasteiger partial charge in [0.2, 0.25) is 5.91 Å². The van der Waals surface area contributed by atoms with Crippen LogP contribution < -0.4 is 14.8 Å². The molecule has 1 N–H and O–H groups in total. The molecular weight excluding hydrogens is 366 g/mol. The summed E-state index contributed by atoms with van der Waals surface area (Å²) in [6.45, 7) is 2.14. The van der Waals surface area contributed by atoms with E-state index in [4.69, 9.17) is 9.47 Å². The number of ether oxygens (including phenoxy) is 2. The van der Waals surface area contributed by atoms with Crippen molar-refractivity contribution >= 4 is 11.6 Å². The highest BCUT2D eigenvalue weighted by Crippen LogP contribution is 2.35. The average molecular weight is 385 g/mol. The molecule has 0 saturated carbocycles. The lowest BCUT2D eigenvalue weighted by atomic mass is 10.1. The predicted molar refractivity (Wildman–Crippen MR) is 92.5 cm³/mol. The van der Waals surface area contributed by atoms with Crippen molar-refractivity contribution in [3.8, 4) is 11.5 Å². The van der Waals surface area contributed by atoms with Gasteiger partial charge in [-0.25, -0.2) is 4.39 Å². The number of alkyl halides is 3. The Bertz CT molecular complexity index is 806. The van der Waals surface area contributed by atoms with Crippen LogP contribution in [-0.2, 0) is 17.4 Å². The van der Waals surface area contributed by atoms with Crippen molar-refractivity contribution in [2.24, 2.45) is 0 Å². The largest absolute Gasteiger partial charge is 0.494 e. The van der Waals surface area contributed by atoms with E-state index in [-0.39, 0.29) is 30.2 Å². The number of amides is 1. The first-order valence-electron chi connectivity index (χ1n) is 8.21. The molecule has 0 aliphatic heterocycles. The Morgan fingerprint density at radius 1 is 1.11 bits per heavy atom. The van der Waals surface area contributed by atoms with E-state index in [1.54, 1.807) is 0 Å². The third-order valence-corrected chi connectivity index (χ3v) is 3.62. The van der Waals surface area contributed by atoms with Crippen molar-refractivity contribution in [1.82, 2.24) is 0 Å². The molecule has 0 heterocycles. The molecule has 0 bridgehead atoms. The van der Waals surface area contributed by atoms with E-state index < -0.39 is 23.5 Å². The fourth-order valence-electron chi connectivity index (χ4n) is 2.34. The Morgan fingerprint density at radius 3 is 2.41 bits per heavy atom. The first-order valence-corrected chi connectivity index (χ1v) is 8.21. The van der Waals surface area contributed by atoms with Gasteiger partial charge in [0.25, 0.3) is 0 Å². The Labute approximate surface area is 154 Å². The zero-order valence-electron chi connectivity index (χ0n) is 14.8. The molecule has 2 rings (SSSR count).